The highest BCUT2D eigenvalue weighted by Crippen LogP contribution is 2.28. The summed E-state index contributed by atoms with van der Waals surface area (Å²) in [6.45, 7) is 2.11. The summed E-state index contributed by atoms with van der Waals surface area (Å²) in [5, 5.41) is 1.09. The number of hydrogen-bond donors (Lipinski definition) is 1. The van der Waals surface area contributed by atoms with E-state index in [9.17, 15) is 0 Å². The maximum Gasteiger partial charge on any atom is 0.123 e. The fourth-order valence-electron chi connectivity index (χ4n) is 1.32. The van der Waals surface area contributed by atoms with Gasteiger partial charge < -0.3 is 0 Å². The molecule has 0 unspecified atom stereocenters. The van der Waals surface area contributed by atoms with Gasteiger partial charge in [-0.2, -0.15) is 12.6 Å². The van der Waals surface area contributed by atoms with Crippen LogP contribution in [0.25, 0.3) is 10.6 Å². The molecule has 0 saturated heterocycles. The molecule has 2 rings (SSSR count). The van der Waals surface area contributed by atoms with Crippen molar-refractivity contribution in [1.82, 2.24) is 4.98 Å². The first-order valence-corrected chi connectivity index (χ1v) is 5.87. The minimum Gasteiger partial charge on any atom is -0.244 e. The zero-order valence-electron chi connectivity index (χ0n) is 7.90. The summed E-state index contributed by atoms with van der Waals surface area (Å²) in [6.07, 6.45) is 1.90. The number of hydrogen-bond acceptors (Lipinski definition) is 3. The Kier molecular flexibility index (Phi) is 2.89. The maximum absolute atomic E-state index is 4.39. The first-order valence-electron chi connectivity index (χ1n) is 4.43. The van der Waals surface area contributed by atoms with Crippen molar-refractivity contribution < 1.29 is 0 Å². The molecule has 1 aromatic heterocycles. The lowest BCUT2D eigenvalue weighted by atomic mass is 10.1. The summed E-state index contributed by atoms with van der Waals surface area (Å²) in [4.78, 5) is 5.60. The number of nitrogens with zero attached hydrogens (tertiary/aromatic N) is 1. The van der Waals surface area contributed by atoms with E-state index in [0.29, 0.717) is 0 Å². The molecule has 1 heterocycles. The lowest BCUT2D eigenvalue weighted by Gasteiger charge is -1.99. The predicted octanol–water partition coefficient (Wildman–Crippen LogP) is 3.55. The van der Waals surface area contributed by atoms with Crippen molar-refractivity contribution in [3.63, 3.8) is 0 Å². The molecule has 1 nitrogen and oxygen atoms in total. The zero-order valence-corrected chi connectivity index (χ0v) is 9.61. The van der Waals surface area contributed by atoms with Crippen LogP contribution in [0.2, 0.25) is 0 Å². The summed E-state index contributed by atoms with van der Waals surface area (Å²) in [7, 11) is 0. The molecule has 0 aliphatic rings. The van der Waals surface area contributed by atoms with Gasteiger partial charge in [-0.25, -0.2) is 4.98 Å². The smallest absolute Gasteiger partial charge is 0.123 e. The summed E-state index contributed by atoms with van der Waals surface area (Å²) in [5.74, 6) is 0.767. The normalized spacial score (nSPS) is 10.4. The Morgan fingerprint density at radius 3 is 2.79 bits per heavy atom. The molecule has 3 heteroatoms. The highest BCUT2D eigenvalue weighted by Gasteiger charge is 2.05. The molecule has 0 atom stereocenters. The molecule has 0 amide bonds. The highest BCUT2D eigenvalue weighted by atomic mass is 32.1. The van der Waals surface area contributed by atoms with Gasteiger partial charge in [-0.1, -0.05) is 24.3 Å². The summed E-state index contributed by atoms with van der Waals surface area (Å²) < 4.78 is 0. The minimum absolute atomic E-state index is 0.767. The monoisotopic (exact) mass is 221 g/mol. The van der Waals surface area contributed by atoms with Crippen LogP contribution in [-0.4, -0.2) is 4.98 Å². The summed E-state index contributed by atoms with van der Waals surface area (Å²) in [5.41, 5.74) is 2.50. The van der Waals surface area contributed by atoms with Crippen molar-refractivity contribution in [1.29, 1.82) is 0 Å². The Labute approximate surface area is 93.2 Å². The number of thiazole rings is 1. The Bertz CT molecular complexity index is 434. The van der Waals surface area contributed by atoms with E-state index in [2.05, 4.69) is 36.7 Å². The standard InChI is InChI=1S/C11H11NS2/c1-8-4-2-3-5-10(8)11-12-6-9(7-13)14-11/h2-6,13H,7H2,1H3. The molecule has 2 aromatic rings. The second-order valence-corrected chi connectivity index (χ2v) is 4.54. The Balaban J connectivity index is 2.44. The van der Waals surface area contributed by atoms with Crippen molar-refractivity contribution in [3.8, 4) is 10.6 Å². The second-order valence-electron chi connectivity index (χ2n) is 3.10. The SMILES string of the molecule is Cc1ccccc1-c1ncc(CS)s1. The largest absolute Gasteiger partial charge is 0.244 e. The van der Waals surface area contributed by atoms with Crippen molar-refractivity contribution in [3.05, 3.63) is 40.9 Å². The quantitative estimate of drug-likeness (QED) is 0.765. The van der Waals surface area contributed by atoms with E-state index >= 15 is 0 Å². The third-order valence-corrected chi connectivity index (χ3v) is 3.67. The third kappa shape index (κ3) is 1.83. The van der Waals surface area contributed by atoms with Crippen molar-refractivity contribution >= 4 is 24.0 Å². The van der Waals surface area contributed by atoms with Crippen LogP contribution >= 0.6 is 24.0 Å². The molecule has 0 saturated carbocycles. The van der Waals surface area contributed by atoms with Crippen LogP contribution in [0, 0.1) is 6.92 Å². The van der Waals surface area contributed by atoms with E-state index in [-0.39, 0.29) is 0 Å². The van der Waals surface area contributed by atoms with Crippen molar-refractivity contribution in [2.45, 2.75) is 12.7 Å². The lowest BCUT2D eigenvalue weighted by molar-refractivity contribution is 1.35. The Morgan fingerprint density at radius 1 is 1.36 bits per heavy atom. The molecular formula is C11H11NS2. The average Bonchev–Trinajstić information content (AvgIpc) is 2.67. The van der Waals surface area contributed by atoms with Gasteiger partial charge in [0.1, 0.15) is 5.01 Å². The molecule has 72 valence electrons. The van der Waals surface area contributed by atoms with E-state index in [1.807, 2.05) is 18.3 Å². The van der Waals surface area contributed by atoms with Gasteiger partial charge in [-0.15, -0.1) is 11.3 Å². The van der Waals surface area contributed by atoms with E-state index in [4.69, 9.17) is 0 Å². The number of benzene rings is 1. The van der Waals surface area contributed by atoms with Gasteiger partial charge in [0, 0.05) is 22.4 Å². The maximum atomic E-state index is 4.39. The summed E-state index contributed by atoms with van der Waals surface area (Å²) >= 11 is 5.94. The first-order chi connectivity index (χ1) is 6.81. The Morgan fingerprint density at radius 2 is 2.14 bits per heavy atom. The van der Waals surface area contributed by atoms with Crippen molar-refractivity contribution in [2.24, 2.45) is 0 Å². The van der Waals surface area contributed by atoms with E-state index in [1.54, 1.807) is 11.3 Å². The molecule has 14 heavy (non-hydrogen) atoms. The van der Waals surface area contributed by atoms with Gasteiger partial charge in [0.05, 0.1) is 0 Å². The van der Waals surface area contributed by atoms with Gasteiger partial charge >= 0.3 is 0 Å². The Hall–Kier alpha value is -0.800. The zero-order chi connectivity index (χ0) is 9.97. The molecule has 0 aliphatic carbocycles. The number of thiol groups is 1. The van der Waals surface area contributed by atoms with Crippen LogP contribution in [0.15, 0.2) is 30.5 Å². The fourth-order valence-corrected chi connectivity index (χ4v) is 2.46. The second kappa shape index (κ2) is 4.15. The predicted molar refractivity (Wildman–Crippen MR) is 65.0 cm³/mol. The molecule has 1 aromatic carbocycles. The summed E-state index contributed by atoms with van der Waals surface area (Å²) in [6, 6.07) is 8.31. The van der Waals surface area contributed by atoms with Crippen LogP contribution in [0.3, 0.4) is 0 Å². The molecule has 0 N–H and O–H groups in total. The molecule has 0 spiro atoms. The van der Waals surface area contributed by atoms with Crippen LogP contribution < -0.4 is 0 Å². The number of aryl methyl sites for hydroxylation is 1. The molecule has 0 radical (unpaired) electrons. The number of rotatable bonds is 2. The van der Waals surface area contributed by atoms with E-state index in [1.165, 1.54) is 16.0 Å². The number of aromatic nitrogens is 1. The third-order valence-electron chi connectivity index (χ3n) is 2.08. The van der Waals surface area contributed by atoms with Gasteiger partial charge in [0.25, 0.3) is 0 Å². The van der Waals surface area contributed by atoms with Crippen LogP contribution in [-0.2, 0) is 5.75 Å². The van der Waals surface area contributed by atoms with Gasteiger partial charge in [0.2, 0.25) is 0 Å². The van der Waals surface area contributed by atoms with Gasteiger partial charge in [-0.3, -0.25) is 0 Å². The molecule has 0 fully saturated rings. The van der Waals surface area contributed by atoms with Gasteiger partial charge in [0.15, 0.2) is 0 Å². The molecule has 0 aliphatic heterocycles. The van der Waals surface area contributed by atoms with Gasteiger partial charge in [-0.05, 0) is 12.5 Å². The molecular weight excluding hydrogens is 210 g/mol. The highest BCUT2D eigenvalue weighted by molar-refractivity contribution is 7.79. The topological polar surface area (TPSA) is 12.9 Å². The molecule has 0 bridgehead atoms. The van der Waals surface area contributed by atoms with E-state index in [0.717, 1.165) is 10.8 Å². The van der Waals surface area contributed by atoms with Crippen LogP contribution in [0.5, 0.6) is 0 Å². The first kappa shape index (κ1) is 9.74. The van der Waals surface area contributed by atoms with Crippen LogP contribution in [0.4, 0.5) is 0 Å². The average molecular weight is 221 g/mol. The minimum atomic E-state index is 0.767. The van der Waals surface area contributed by atoms with E-state index < -0.39 is 0 Å². The van der Waals surface area contributed by atoms with Crippen molar-refractivity contribution in [2.75, 3.05) is 0 Å². The fraction of sp³-hybridized carbons (Fsp3) is 0.182. The van der Waals surface area contributed by atoms with Crippen LogP contribution in [0.1, 0.15) is 10.4 Å². The lowest BCUT2D eigenvalue weighted by Crippen LogP contribution is -1.79.